The number of carbonyl (C=O) groups is 1. The van der Waals surface area contributed by atoms with Gasteiger partial charge in [-0.3, -0.25) is 9.52 Å². The molecule has 0 saturated heterocycles. The van der Waals surface area contributed by atoms with E-state index in [0.717, 1.165) is 12.3 Å². The summed E-state index contributed by atoms with van der Waals surface area (Å²) in [5.74, 6) is -1.24. The average Bonchev–Trinajstić information content (AvgIpc) is 2.78. The van der Waals surface area contributed by atoms with Crippen LogP contribution >= 0.6 is 15.9 Å². The van der Waals surface area contributed by atoms with Gasteiger partial charge in [0.15, 0.2) is 10.4 Å². The first-order chi connectivity index (χ1) is 9.74. The van der Waals surface area contributed by atoms with Gasteiger partial charge in [-0.25, -0.2) is 12.8 Å². The molecule has 2 aromatic rings. The molecule has 9 heteroatoms. The van der Waals surface area contributed by atoms with Crippen molar-refractivity contribution in [1.29, 1.82) is 0 Å². The number of amides is 1. The van der Waals surface area contributed by atoms with E-state index in [1.54, 1.807) is 6.07 Å². The minimum absolute atomic E-state index is 0.0591. The summed E-state index contributed by atoms with van der Waals surface area (Å²) in [6.07, 6.45) is 0.901. The fraction of sp³-hybridized carbons (Fsp3) is 0.0833. The molecule has 0 atom stereocenters. The SMILES string of the molecule is CS(=O)(=O)Nc1cc(NC(=O)c2ccc(Br)o2)ccc1F. The minimum Gasteiger partial charge on any atom is -0.444 e. The molecule has 0 aliphatic heterocycles. The summed E-state index contributed by atoms with van der Waals surface area (Å²) in [5.41, 5.74) is -0.0315. The number of halogens is 2. The van der Waals surface area contributed by atoms with Crippen LogP contribution in [0.3, 0.4) is 0 Å². The Balaban J connectivity index is 2.21. The van der Waals surface area contributed by atoms with Gasteiger partial charge in [0.25, 0.3) is 5.91 Å². The van der Waals surface area contributed by atoms with Crippen LogP contribution in [0.1, 0.15) is 10.6 Å². The molecule has 0 unspecified atom stereocenters. The van der Waals surface area contributed by atoms with Gasteiger partial charge in [-0.05, 0) is 46.3 Å². The molecular formula is C12H10BrFN2O4S. The predicted octanol–water partition coefficient (Wildman–Crippen LogP) is 2.81. The van der Waals surface area contributed by atoms with Crippen molar-refractivity contribution in [2.24, 2.45) is 0 Å². The molecule has 1 aromatic heterocycles. The quantitative estimate of drug-likeness (QED) is 0.858. The van der Waals surface area contributed by atoms with Crippen molar-refractivity contribution in [3.8, 4) is 0 Å². The largest absolute Gasteiger partial charge is 0.444 e. The van der Waals surface area contributed by atoms with Crippen LogP contribution in [0, 0.1) is 5.82 Å². The van der Waals surface area contributed by atoms with E-state index in [1.165, 1.54) is 18.2 Å². The third-order valence-corrected chi connectivity index (χ3v) is 3.33. The van der Waals surface area contributed by atoms with Crippen LogP contribution < -0.4 is 10.0 Å². The van der Waals surface area contributed by atoms with E-state index < -0.39 is 21.7 Å². The summed E-state index contributed by atoms with van der Waals surface area (Å²) in [4.78, 5) is 11.9. The van der Waals surface area contributed by atoms with Gasteiger partial charge in [0.05, 0.1) is 11.9 Å². The number of carbonyl (C=O) groups excluding carboxylic acids is 1. The standard InChI is InChI=1S/C12H10BrFN2O4S/c1-21(18,19)16-9-6-7(2-3-8(9)14)15-12(17)10-4-5-11(13)20-10/h2-6,16H,1H3,(H,15,17). The van der Waals surface area contributed by atoms with Crippen LogP contribution in [0.4, 0.5) is 15.8 Å². The zero-order valence-corrected chi connectivity index (χ0v) is 13.1. The van der Waals surface area contributed by atoms with Gasteiger partial charge in [-0.2, -0.15) is 0 Å². The number of furan rings is 1. The first-order valence-electron chi connectivity index (χ1n) is 5.58. The Hall–Kier alpha value is -1.87. The Labute approximate surface area is 128 Å². The van der Waals surface area contributed by atoms with Crippen molar-refractivity contribution in [1.82, 2.24) is 0 Å². The summed E-state index contributed by atoms with van der Waals surface area (Å²) >= 11 is 3.07. The van der Waals surface area contributed by atoms with Crippen molar-refractivity contribution in [3.05, 3.63) is 46.6 Å². The van der Waals surface area contributed by atoms with E-state index in [1.807, 2.05) is 4.72 Å². The normalized spacial score (nSPS) is 11.2. The van der Waals surface area contributed by atoms with E-state index in [-0.39, 0.29) is 17.1 Å². The first kappa shape index (κ1) is 15.5. The summed E-state index contributed by atoms with van der Waals surface area (Å²) < 4.78 is 43.2. The molecule has 0 fully saturated rings. The van der Waals surface area contributed by atoms with Crippen LogP contribution in [0.2, 0.25) is 0 Å². The lowest BCUT2D eigenvalue weighted by Crippen LogP contribution is -2.13. The molecule has 112 valence electrons. The Morgan fingerprint density at radius 3 is 2.57 bits per heavy atom. The second-order valence-corrected chi connectivity index (χ2v) is 6.66. The third-order valence-electron chi connectivity index (χ3n) is 2.32. The average molecular weight is 377 g/mol. The zero-order valence-electron chi connectivity index (χ0n) is 10.7. The monoisotopic (exact) mass is 376 g/mol. The maximum absolute atomic E-state index is 13.5. The van der Waals surface area contributed by atoms with Gasteiger partial charge in [0.2, 0.25) is 10.0 Å². The summed E-state index contributed by atoms with van der Waals surface area (Å²) in [5, 5.41) is 2.47. The van der Waals surface area contributed by atoms with Gasteiger partial charge >= 0.3 is 0 Å². The van der Waals surface area contributed by atoms with Crippen LogP contribution in [-0.4, -0.2) is 20.6 Å². The highest BCUT2D eigenvalue weighted by atomic mass is 79.9. The Morgan fingerprint density at radius 2 is 2.00 bits per heavy atom. The Bertz CT molecular complexity index is 788. The van der Waals surface area contributed by atoms with Crippen molar-refractivity contribution in [3.63, 3.8) is 0 Å². The molecule has 1 amide bonds. The topological polar surface area (TPSA) is 88.4 Å². The van der Waals surface area contributed by atoms with Gasteiger partial charge in [-0.15, -0.1) is 0 Å². The van der Waals surface area contributed by atoms with Crippen LogP contribution in [0.25, 0.3) is 0 Å². The molecule has 1 aromatic carbocycles. The fourth-order valence-electron chi connectivity index (χ4n) is 1.51. The maximum atomic E-state index is 13.5. The van der Waals surface area contributed by atoms with Crippen LogP contribution in [0.5, 0.6) is 0 Å². The molecular weight excluding hydrogens is 367 g/mol. The number of benzene rings is 1. The number of sulfonamides is 1. The van der Waals surface area contributed by atoms with Crippen LogP contribution in [0.15, 0.2) is 39.4 Å². The molecule has 6 nitrogen and oxygen atoms in total. The Kier molecular flexibility index (Phi) is 4.33. The van der Waals surface area contributed by atoms with E-state index in [2.05, 4.69) is 21.2 Å². The van der Waals surface area contributed by atoms with Gasteiger partial charge < -0.3 is 9.73 Å². The van der Waals surface area contributed by atoms with Gasteiger partial charge in [-0.1, -0.05) is 0 Å². The van der Waals surface area contributed by atoms with E-state index in [0.29, 0.717) is 4.67 Å². The maximum Gasteiger partial charge on any atom is 0.291 e. The second kappa shape index (κ2) is 5.86. The molecule has 0 spiro atoms. The van der Waals surface area contributed by atoms with Crippen molar-refractivity contribution < 1.29 is 22.0 Å². The highest BCUT2D eigenvalue weighted by Gasteiger charge is 2.13. The number of anilines is 2. The molecule has 0 saturated carbocycles. The molecule has 21 heavy (non-hydrogen) atoms. The second-order valence-electron chi connectivity index (χ2n) is 4.13. The lowest BCUT2D eigenvalue weighted by Gasteiger charge is -2.08. The first-order valence-corrected chi connectivity index (χ1v) is 8.27. The number of rotatable bonds is 4. The summed E-state index contributed by atoms with van der Waals surface area (Å²) in [7, 11) is -3.62. The van der Waals surface area contributed by atoms with Crippen molar-refractivity contribution in [2.75, 3.05) is 16.3 Å². The molecule has 0 aliphatic rings. The molecule has 1 heterocycles. The zero-order chi connectivity index (χ0) is 15.6. The lowest BCUT2D eigenvalue weighted by atomic mass is 10.2. The smallest absolute Gasteiger partial charge is 0.291 e. The van der Waals surface area contributed by atoms with Gasteiger partial charge in [0, 0.05) is 5.69 Å². The van der Waals surface area contributed by atoms with Gasteiger partial charge in [0.1, 0.15) is 5.82 Å². The van der Waals surface area contributed by atoms with Crippen molar-refractivity contribution >= 4 is 43.2 Å². The predicted molar refractivity (Wildman–Crippen MR) is 79.2 cm³/mol. The molecule has 0 aliphatic carbocycles. The third kappa shape index (κ3) is 4.30. The number of hydrogen-bond acceptors (Lipinski definition) is 4. The Morgan fingerprint density at radius 1 is 1.29 bits per heavy atom. The highest BCUT2D eigenvalue weighted by molar-refractivity contribution is 9.10. The molecule has 2 rings (SSSR count). The van der Waals surface area contributed by atoms with E-state index in [9.17, 15) is 17.6 Å². The minimum atomic E-state index is -3.62. The summed E-state index contributed by atoms with van der Waals surface area (Å²) in [6.45, 7) is 0. The number of hydrogen-bond donors (Lipinski definition) is 2. The molecule has 0 radical (unpaired) electrons. The van der Waals surface area contributed by atoms with Crippen LogP contribution in [-0.2, 0) is 10.0 Å². The lowest BCUT2D eigenvalue weighted by molar-refractivity contribution is 0.0995. The molecule has 2 N–H and O–H groups in total. The molecule has 0 bridgehead atoms. The summed E-state index contributed by atoms with van der Waals surface area (Å²) in [6, 6.07) is 6.53. The number of nitrogens with one attached hydrogen (secondary N) is 2. The van der Waals surface area contributed by atoms with E-state index in [4.69, 9.17) is 4.42 Å². The van der Waals surface area contributed by atoms with Crippen molar-refractivity contribution in [2.45, 2.75) is 0 Å². The van der Waals surface area contributed by atoms with E-state index >= 15 is 0 Å². The fourth-order valence-corrected chi connectivity index (χ4v) is 2.37. The highest BCUT2D eigenvalue weighted by Crippen LogP contribution is 2.22.